The maximum atomic E-state index is 2.62. The highest BCUT2D eigenvalue weighted by Gasteiger charge is 2.44. The van der Waals surface area contributed by atoms with Gasteiger partial charge in [-0.1, -0.05) is 80.1 Å². The Labute approximate surface area is 225 Å². The largest absolute Gasteiger partial charge is 0.115 e. The second-order valence-corrected chi connectivity index (χ2v) is 15.1. The number of allylic oxidation sites excluding steroid dienone is 6. The molecule has 2 aliphatic carbocycles. The van der Waals surface area contributed by atoms with Gasteiger partial charge in [0.05, 0.1) is 6.16 Å². The maximum Gasteiger partial charge on any atom is 0.115 e. The predicted octanol–water partition coefficient (Wildman–Crippen LogP) is 8.93. The highest BCUT2D eigenvalue weighted by molar-refractivity contribution is 7.95. The minimum Gasteiger partial charge on any atom is -0.0665 e. The van der Waals surface area contributed by atoms with Gasteiger partial charge in [0.25, 0.3) is 0 Å². The van der Waals surface area contributed by atoms with Gasteiger partial charge in [-0.25, -0.2) is 0 Å². The molecule has 0 radical (unpaired) electrons. The summed E-state index contributed by atoms with van der Waals surface area (Å²) in [5.41, 5.74) is 6.72. The molecule has 1 heteroatoms. The molecule has 0 nitrogen and oxygen atoms in total. The molecular formula is C36H42P+. The lowest BCUT2D eigenvalue weighted by atomic mass is 9.70. The third-order valence-corrected chi connectivity index (χ3v) is 12.9. The fraction of sp³-hybridized carbons (Fsp3) is 0.333. The van der Waals surface area contributed by atoms with Gasteiger partial charge in [0.2, 0.25) is 0 Å². The lowest BCUT2D eigenvalue weighted by Gasteiger charge is -2.35. The van der Waals surface area contributed by atoms with Gasteiger partial charge in [0.1, 0.15) is 23.2 Å². The van der Waals surface area contributed by atoms with Crippen LogP contribution in [-0.2, 0) is 0 Å². The van der Waals surface area contributed by atoms with E-state index in [1.807, 2.05) is 0 Å². The summed E-state index contributed by atoms with van der Waals surface area (Å²) in [7, 11) is -1.85. The van der Waals surface area contributed by atoms with Crippen molar-refractivity contribution >= 4 is 23.2 Å². The average molecular weight is 506 g/mol. The smallest absolute Gasteiger partial charge is 0.0665 e. The highest BCUT2D eigenvalue weighted by Crippen LogP contribution is 2.55. The Hall–Kier alpha value is -2.69. The summed E-state index contributed by atoms with van der Waals surface area (Å²) in [6.45, 7) is 7.30. The Balaban J connectivity index is 1.62. The zero-order valence-electron chi connectivity index (χ0n) is 22.9. The summed E-state index contributed by atoms with van der Waals surface area (Å²) in [5.74, 6) is 0. The summed E-state index contributed by atoms with van der Waals surface area (Å²) < 4.78 is 0. The molecule has 0 spiro atoms. The van der Waals surface area contributed by atoms with Crippen molar-refractivity contribution in [3.05, 3.63) is 125 Å². The minimum atomic E-state index is -1.85. The molecule has 0 amide bonds. The molecule has 0 unspecified atom stereocenters. The predicted molar refractivity (Wildman–Crippen MR) is 165 cm³/mol. The molecular weight excluding hydrogens is 463 g/mol. The fourth-order valence-electron chi connectivity index (χ4n) is 6.48. The van der Waals surface area contributed by atoms with Crippen LogP contribution in [0, 0.1) is 5.41 Å². The molecule has 0 saturated heterocycles. The van der Waals surface area contributed by atoms with Crippen LogP contribution in [0.4, 0.5) is 0 Å². The van der Waals surface area contributed by atoms with E-state index in [9.17, 15) is 0 Å². The van der Waals surface area contributed by atoms with Gasteiger partial charge in [-0.3, -0.25) is 0 Å². The summed E-state index contributed by atoms with van der Waals surface area (Å²) in [5, 5.41) is 4.38. The van der Waals surface area contributed by atoms with Crippen LogP contribution in [0.1, 0.15) is 65.7 Å². The van der Waals surface area contributed by atoms with Crippen LogP contribution in [0.5, 0.6) is 0 Å². The molecule has 0 bridgehead atoms. The number of hydrogen-bond donors (Lipinski definition) is 0. The lowest BCUT2D eigenvalue weighted by molar-refractivity contribution is 0.369. The Morgan fingerprint density at radius 2 is 1.19 bits per heavy atom. The normalized spacial score (nSPS) is 19.9. The molecule has 0 atom stereocenters. The third kappa shape index (κ3) is 5.46. The summed E-state index contributed by atoms with van der Waals surface area (Å²) in [6.07, 6.45) is 15.3. The van der Waals surface area contributed by atoms with E-state index in [0.29, 0.717) is 5.41 Å². The van der Waals surface area contributed by atoms with Crippen LogP contribution in [0.3, 0.4) is 0 Å². The van der Waals surface area contributed by atoms with Crippen molar-refractivity contribution in [1.82, 2.24) is 0 Å². The molecule has 0 saturated carbocycles. The van der Waals surface area contributed by atoms with Crippen molar-refractivity contribution in [1.29, 1.82) is 0 Å². The number of rotatable bonds is 6. The quantitative estimate of drug-likeness (QED) is 0.293. The van der Waals surface area contributed by atoms with E-state index in [-0.39, 0.29) is 0 Å². The molecule has 5 rings (SSSR count). The van der Waals surface area contributed by atoms with Crippen LogP contribution >= 0.6 is 7.26 Å². The maximum absolute atomic E-state index is 2.62. The van der Waals surface area contributed by atoms with E-state index in [4.69, 9.17) is 0 Å². The summed E-state index contributed by atoms with van der Waals surface area (Å²) in [4.78, 5) is 0. The molecule has 0 heterocycles. The van der Waals surface area contributed by atoms with E-state index in [1.54, 1.807) is 16.7 Å². The van der Waals surface area contributed by atoms with Crippen molar-refractivity contribution in [2.45, 2.75) is 65.7 Å². The molecule has 3 aromatic carbocycles. The van der Waals surface area contributed by atoms with Crippen LogP contribution in [0.25, 0.3) is 0 Å². The van der Waals surface area contributed by atoms with Crippen LogP contribution in [-0.4, -0.2) is 6.16 Å². The van der Waals surface area contributed by atoms with Crippen molar-refractivity contribution in [3.8, 4) is 0 Å². The molecule has 190 valence electrons. The van der Waals surface area contributed by atoms with E-state index in [0.717, 1.165) is 6.16 Å². The van der Waals surface area contributed by atoms with Gasteiger partial charge in [-0.15, -0.1) is 0 Å². The topological polar surface area (TPSA) is 0 Å². The highest BCUT2D eigenvalue weighted by atomic mass is 31.2. The van der Waals surface area contributed by atoms with Gasteiger partial charge in [-0.05, 0) is 116 Å². The summed E-state index contributed by atoms with van der Waals surface area (Å²) >= 11 is 0. The van der Waals surface area contributed by atoms with E-state index < -0.39 is 7.26 Å². The zero-order chi connectivity index (χ0) is 25.7. The SMILES string of the molecule is CC(=C\C[P+](c1ccccc1)(c1ccccc1)c1ccccc1)/C1=C/C2=C(CCCC1)CCCC2(C)C. The van der Waals surface area contributed by atoms with E-state index in [1.165, 1.54) is 66.4 Å². The first-order valence-electron chi connectivity index (χ1n) is 14.2. The Morgan fingerprint density at radius 1 is 0.703 bits per heavy atom. The molecule has 0 aromatic heterocycles. The van der Waals surface area contributed by atoms with E-state index in [2.05, 4.69) is 124 Å². The second kappa shape index (κ2) is 11.4. The lowest BCUT2D eigenvalue weighted by Crippen LogP contribution is -2.33. The van der Waals surface area contributed by atoms with Gasteiger partial charge in [0.15, 0.2) is 0 Å². The van der Waals surface area contributed by atoms with Crippen molar-refractivity contribution in [2.24, 2.45) is 5.41 Å². The second-order valence-electron chi connectivity index (χ2n) is 11.5. The average Bonchev–Trinajstić information content (AvgIpc) is 2.91. The monoisotopic (exact) mass is 505 g/mol. The third-order valence-electron chi connectivity index (χ3n) is 8.65. The van der Waals surface area contributed by atoms with Gasteiger partial charge in [0, 0.05) is 0 Å². The van der Waals surface area contributed by atoms with Gasteiger partial charge < -0.3 is 0 Å². The Bertz CT molecular complexity index is 1180. The molecule has 0 N–H and O–H groups in total. The fourth-order valence-corrected chi connectivity index (χ4v) is 10.6. The standard InChI is InChI=1S/C36H42P/c1-29(31-17-14-13-16-30-18-15-26-36(2,3)35(30)28-31)25-27-37(32-19-7-4-8-20-32,33-21-9-5-10-22-33)34-23-11-6-12-24-34/h4-12,19-25,28H,13-18,26-27H2,1-3H3/q+1/b29-25+,31-28+. The molecule has 0 aliphatic heterocycles. The van der Waals surface area contributed by atoms with Gasteiger partial charge in [-0.2, -0.15) is 0 Å². The molecule has 37 heavy (non-hydrogen) atoms. The minimum absolute atomic E-state index is 0.297. The Kier molecular flexibility index (Phi) is 7.97. The van der Waals surface area contributed by atoms with Crippen LogP contribution < -0.4 is 15.9 Å². The first kappa shape index (κ1) is 25.9. The number of hydrogen-bond acceptors (Lipinski definition) is 0. The van der Waals surface area contributed by atoms with Crippen LogP contribution in [0.15, 0.2) is 125 Å². The van der Waals surface area contributed by atoms with E-state index >= 15 is 0 Å². The molecule has 0 fully saturated rings. The number of benzene rings is 3. The van der Waals surface area contributed by atoms with Crippen LogP contribution in [0.2, 0.25) is 0 Å². The van der Waals surface area contributed by atoms with Crippen molar-refractivity contribution < 1.29 is 0 Å². The molecule has 2 aliphatic rings. The van der Waals surface area contributed by atoms with Crippen molar-refractivity contribution in [2.75, 3.05) is 6.16 Å². The zero-order valence-corrected chi connectivity index (χ0v) is 23.8. The Morgan fingerprint density at radius 3 is 1.73 bits per heavy atom. The van der Waals surface area contributed by atoms with Gasteiger partial charge >= 0.3 is 0 Å². The first-order chi connectivity index (χ1) is 18.0. The summed E-state index contributed by atoms with van der Waals surface area (Å²) in [6, 6.07) is 33.8. The van der Waals surface area contributed by atoms with Crippen molar-refractivity contribution in [3.63, 3.8) is 0 Å². The first-order valence-corrected chi connectivity index (χ1v) is 16.1. The molecule has 3 aromatic rings.